The van der Waals surface area contributed by atoms with E-state index in [9.17, 15) is 19.2 Å². The first-order valence-electron chi connectivity index (χ1n) is 14.2. The maximum absolute atomic E-state index is 13.0. The lowest BCUT2D eigenvalue weighted by molar-refractivity contribution is 0.0447. The van der Waals surface area contributed by atoms with Crippen LogP contribution in [0, 0.1) is 0 Å². The molecule has 0 aliphatic rings. The summed E-state index contributed by atoms with van der Waals surface area (Å²) in [6.07, 6.45) is 2.35. The average Bonchev–Trinajstić information content (AvgIpc) is 3.67. The van der Waals surface area contributed by atoms with Gasteiger partial charge in [-0.25, -0.2) is 28.5 Å². The van der Waals surface area contributed by atoms with Crippen molar-refractivity contribution in [1.82, 2.24) is 30.0 Å². The van der Waals surface area contributed by atoms with Crippen LogP contribution in [0.5, 0.6) is 0 Å². The summed E-state index contributed by atoms with van der Waals surface area (Å²) in [5.41, 5.74) is 0.793. The summed E-state index contributed by atoms with van der Waals surface area (Å²) in [6.45, 7) is 0.795. The van der Waals surface area contributed by atoms with Crippen molar-refractivity contribution < 1.29 is 38.1 Å². The van der Waals surface area contributed by atoms with Gasteiger partial charge in [0.2, 0.25) is 11.4 Å². The van der Waals surface area contributed by atoms with Gasteiger partial charge in [0, 0.05) is 21.3 Å². The van der Waals surface area contributed by atoms with Gasteiger partial charge in [-0.1, -0.05) is 98.4 Å². The summed E-state index contributed by atoms with van der Waals surface area (Å²) < 4.78 is 23.7. The average molecular weight is 900 g/mol. The fourth-order valence-corrected chi connectivity index (χ4v) is 4.69. The van der Waals surface area contributed by atoms with Gasteiger partial charge in [0.25, 0.3) is 0 Å². The second-order valence-electron chi connectivity index (χ2n) is 9.42. The van der Waals surface area contributed by atoms with Crippen LogP contribution in [0.2, 0.25) is 0 Å². The molecule has 14 nitrogen and oxygen atoms in total. The van der Waals surface area contributed by atoms with Crippen LogP contribution in [-0.2, 0) is 32.0 Å². The zero-order valence-electron chi connectivity index (χ0n) is 24.7. The summed E-state index contributed by atoms with van der Waals surface area (Å²) in [7, 11) is 0. The molecule has 0 N–H and O–H groups in total. The summed E-state index contributed by atoms with van der Waals surface area (Å²) in [4.78, 5) is 51.2. The fraction of sp³-hybridized carbons (Fsp3) is 0.500. The molecular weight excluding hydrogens is 868 g/mol. The second kappa shape index (κ2) is 20.5. The predicted octanol–water partition coefficient (Wildman–Crippen LogP) is 4.73. The van der Waals surface area contributed by atoms with Crippen LogP contribution in [0.3, 0.4) is 0 Å². The van der Waals surface area contributed by atoms with Gasteiger partial charge in [-0.3, -0.25) is 0 Å². The minimum absolute atomic E-state index is 0.101. The molecular formula is C28H32Br4N6O8. The maximum atomic E-state index is 13.0. The zero-order valence-corrected chi connectivity index (χ0v) is 31.0. The summed E-state index contributed by atoms with van der Waals surface area (Å²) in [5, 5.41) is 18.5. The molecule has 0 fully saturated rings. The normalized spacial score (nSPS) is 10.9. The fourth-order valence-electron chi connectivity index (χ4n) is 3.77. The van der Waals surface area contributed by atoms with Crippen molar-refractivity contribution in [3.63, 3.8) is 0 Å². The van der Waals surface area contributed by atoms with E-state index in [1.165, 1.54) is 9.36 Å². The Morgan fingerprint density at radius 1 is 0.522 bits per heavy atom. The van der Waals surface area contributed by atoms with Gasteiger partial charge in [0.1, 0.15) is 0 Å². The topological polar surface area (TPSA) is 167 Å². The van der Waals surface area contributed by atoms with Gasteiger partial charge in [-0.2, -0.15) is 0 Å². The number of alkyl halides is 4. The van der Waals surface area contributed by atoms with E-state index in [2.05, 4.69) is 84.3 Å². The molecule has 250 valence electrons. The molecule has 0 saturated heterocycles. The Balaban J connectivity index is 1.81. The van der Waals surface area contributed by atoms with E-state index in [1.807, 2.05) is 0 Å². The van der Waals surface area contributed by atoms with E-state index in [4.69, 9.17) is 18.9 Å². The number of rotatable bonds is 20. The Morgan fingerprint density at radius 3 is 1.13 bits per heavy atom. The Morgan fingerprint density at radius 2 is 0.826 bits per heavy atom. The molecule has 0 saturated carbocycles. The number of ether oxygens (including phenoxy) is 4. The molecule has 0 spiro atoms. The van der Waals surface area contributed by atoms with Gasteiger partial charge >= 0.3 is 23.9 Å². The van der Waals surface area contributed by atoms with Crippen molar-refractivity contribution in [2.24, 2.45) is 0 Å². The monoisotopic (exact) mass is 896 g/mol. The van der Waals surface area contributed by atoms with E-state index in [-0.39, 0.29) is 62.3 Å². The minimum Gasteiger partial charge on any atom is -0.461 e. The second-order valence-corrected chi connectivity index (χ2v) is 12.6. The van der Waals surface area contributed by atoms with Crippen LogP contribution in [-0.4, -0.2) is 102 Å². The first-order valence-corrected chi connectivity index (χ1v) is 18.7. The molecule has 0 unspecified atom stereocenters. The highest BCUT2D eigenvalue weighted by atomic mass is 79.9. The Kier molecular flexibility index (Phi) is 16.8. The zero-order chi connectivity index (χ0) is 33.3. The Bertz CT molecular complexity index is 1340. The number of nitrogens with zero attached hydrogens (tertiary/aromatic N) is 6. The molecule has 0 amide bonds. The number of benzene rings is 1. The van der Waals surface area contributed by atoms with Crippen LogP contribution in [0.1, 0.15) is 78.8 Å². The third-order valence-electron chi connectivity index (χ3n) is 5.98. The smallest absolute Gasteiger partial charge is 0.361 e. The molecule has 18 heteroatoms. The number of esters is 4. The molecule has 0 atom stereocenters. The van der Waals surface area contributed by atoms with E-state index in [0.717, 1.165) is 11.1 Å². The van der Waals surface area contributed by atoms with Gasteiger partial charge in [-0.05, 0) is 36.8 Å². The molecule has 0 aliphatic heterocycles. The molecule has 3 rings (SSSR count). The van der Waals surface area contributed by atoms with Crippen molar-refractivity contribution in [2.45, 2.75) is 38.8 Å². The van der Waals surface area contributed by atoms with Crippen molar-refractivity contribution >= 4 is 87.6 Å². The van der Waals surface area contributed by atoms with Crippen LogP contribution >= 0.6 is 63.7 Å². The van der Waals surface area contributed by atoms with Gasteiger partial charge in [0.15, 0.2) is 11.4 Å². The quantitative estimate of drug-likeness (QED) is 0.0664. The molecule has 0 aliphatic carbocycles. The molecule has 46 heavy (non-hydrogen) atoms. The maximum Gasteiger partial charge on any atom is 0.361 e. The third kappa shape index (κ3) is 11.2. The number of aromatic nitrogens is 6. The van der Waals surface area contributed by atoms with Crippen LogP contribution in [0.15, 0.2) is 24.3 Å². The third-order valence-corrected chi connectivity index (χ3v) is 8.22. The highest BCUT2D eigenvalue weighted by Gasteiger charge is 2.29. The van der Waals surface area contributed by atoms with Crippen LogP contribution < -0.4 is 0 Å². The highest BCUT2D eigenvalue weighted by molar-refractivity contribution is 9.09. The lowest BCUT2D eigenvalue weighted by Gasteiger charge is -2.10. The summed E-state index contributed by atoms with van der Waals surface area (Å²) in [6, 6.07) is 7.13. The van der Waals surface area contributed by atoms with E-state index >= 15 is 0 Å². The summed E-state index contributed by atoms with van der Waals surface area (Å²) >= 11 is 13.1. The minimum atomic E-state index is -0.768. The number of hydrogen-bond donors (Lipinski definition) is 0. The first kappa shape index (κ1) is 37.8. The van der Waals surface area contributed by atoms with Crippen LogP contribution in [0.25, 0.3) is 0 Å². The molecule has 2 aromatic heterocycles. The number of carbonyl (C=O) groups excluding carboxylic acids is 4. The molecule has 1 aromatic carbocycles. The molecule has 3 aromatic rings. The van der Waals surface area contributed by atoms with E-state index in [0.29, 0.717) is 47.0 Å². The predicted molar refractivity (Wildman–Crippen MR) is 179 cm³/mol. The van der Waals surface area contributed by atoms with Crippen molar-refractivity contribution in [3.05, 3.63) is 58.2 Å². The standard InChI is InChI=1S/C28H32Br4N6O8/c29-9-1-13-43-25(39)21-23(27(41)45-15-3-11-31)37(35-33-21)17-19-5-7-20(8-6-19)18-38-24(28(42)46-16-4-12-32)22(34-36-38)26(40)44-14-2-10-30/h5-8H,1-4,9-18H2. The molecule has 0 radical (unpaired) electrons. The first-order chi connectivity index (χ1) is 22.3. The molecule has 2 heterocycles. The lowest BCUT2D eigenvalue weighted by Crippen LogP contribution is -2.19. The van der Waals surface area contributed by atoms with E-state index < -0.39 is 23.9 Å². The number of halogens is 4. The SMILES string of the molecule is O=C(OCCCBr)c1nnn(Cc2ccc(Cn3nnc(C(=O)OCCCBr)c3C(=O)OCCCBr)cc2)c1C(=O)OCCCBr. The number of carbonyl (C=O) groups is 4. The van der Waals surface area contributed by atoms with E-state index in [1.54, 1.807) is 24.3 Å². The van der Waals surface area contributed by atoms with Gasteiger partial charge in [0.05, 0.1) is 39.5 Å². The Labute approximate surface area is 298 Å². The van der Waals surface area contributed by atoms with Crippen LogP contribution in [0.4, 0.5) is 0 Å². The largest absolute Gasteiger partial charge is 0.461 e. The van der Waals surface area contributed by atoms with Gasteiger partial charge < -0.3 is 18.9 Å². The lowest BCUT2D eigenvalue weighted by atomic mass is 10.1. The van der Waals surface area contributed by atoms with Crippen molar-refractivity contribution in [1.29, 1.82) is 0 Å². The van der Waals surface area contributed by atoms with Gasteiger partial charge in [-0.15, -0.1) is 10.2 Å². The van der Waals surface area contributed by atoms with Crippen molar-refractivity contribution in [2.75, 3.05) is 47.7 Å². The molecule has 0 bridgehead atoms. The van der Waals surface area contributed by atoms with Crippen molar-refractivity contribution in [3.8, 4) is 0 Å². The number of hydrogen-bond acceptors (Lipinski definition) is 12. The Hall–Kier alpha value is -2.70. The summed E-state index contributed by atoms with van der Waals surface area (Å²) in [5.74, 6) is -3.01. The highest BCUT2D eigenvalue weighted by Crippen LogP contribution is 2.16.